The molecule has 2 aliphatic heterocycles. The van der Waals surface area contributed by atoms with E-state index in [2.05, 4.69) is 19.9 Å². The molecule has 2 heterocycles. The highest BCUT2D eigenvalue weighted by atomic mass is 16.3. The molecule has 0 aliphatic carbocycles. The molecule has 1 N–H and O–H groups in total. The Labute approximate surface area is 133 Å². The van der Waals surface area contributed by atoms with Gasteiger partial charge in [0.2, 0.25) is 11.8 Å². The highest BCUT2D eigenvalue weighted by Crippen LogP contribution is 2.34. The highest BCUT2D eigenvalue weighted by molar-refractivity contribution is 5.86. The largest absolute Gasteiger partial charge is 0.396 e. The molecule has 2 aliphatic rings. The molecule has 22 heavy (non-hydrogen) atoms. The van der Waals surface area contributed by atoms with Crippen LogP contribution in [0.15, 0.2) is 11.6 Å². The monoisotopic (exact) mass is 308 g/mol. The van der Waals surface area contributed by atoms with E-state index >= 15 is 0 Å². The lowest BCUT2D eigenvalue weighted by molar-refractivity contribution is -0.141. The predicted molar refractivity (Wildman–Crippen MR) is 85.2 cm³/mol. The molecule has 0 bridgehead atoms. The van der Waals surface area contributed by atoms with Crippen molar-refractivity contribution in [3.8, 4) is 0 Å². The second kappa shape index (κ2) is 7.27. The fourth-order valence-electron chi connectivity index (χ4n) is 3.34. The molecule has 124 valence electrons. The van der Waals surface area contributed by atoms with Gasteiger partial charge in [0, 0.05) is 31.5 Å². The van der Waals surface area contributed by atoms with E-state index in [9.17, 15) is 14.7 Å². The molecule has 2 saturated heterocycles. The van der Waals surface area contributed by atoms with Gasteiger partial charge in [-0.2, -0.15) is 0 Å². The number of rotatable bonds is 5. The van der Waals surface area contributed by atoms with E-state index in [0.29, 0.717) is 19.5 Å². The number of amides is 2. The Morgan fingerprint density at radius 3 is 2.68 bits per heavy atom. The predicted octanol–water partition coefficient (Wildman–Crippen LogP) is 1.57. The summed E-state index contributed by atoms with van der Waals surface area (Å²) >= 11 is 0. The van der Waals surface area contributed by atoms with Gasteiger partial charge in [0.25, 0.3) is 0 Å². The molecule has 5 heteroatoms. The van der Waals surface area contributed by atoms with Crippen molar-refractivity contribution in [3.05, 3.63) is 11.6 Å². The Hall–Kier alpha value is -1.36. The van der Waals surface area contributed by atoms with Gasteiger partial charge in [-0.05, 0) is 39.5 Å². The van der Waals surface area contributed by atoms with E-state index in [-0.39, 0.29) is 30.4 Å². The number of aliphatic hydroxyl groups is 1. The molecule has 0 saturated carbocycles. The van der Waals surface area contributed by atoms with E-state index in [1.54, 1.807) is 4.90 Å². The van der Waals surface area contributed by atoms with Crippen LogP contribution < -0.4 is 0 Å². The Morgan fingerprint density at radius 1 is 1.32 bits per heavy atom. The molecule has 0 unspecified atom stereocenters. The molecular formula is C17H28N2O3. The van der Waals surface area contributed by atoms with Gasteiger partial charge in [0.15, 0.2) is 0 Å². The zero-order valence-electron chi connectivity index (χ0n) is 13.8. The van der Waals surface area contributed by atoms with Crippen molar-refractivity contribution in [2.45, 2.75) is 46.0 Å². The summed E-state index contributed by atoms with van der Waals surface area (Å²) in [7, 11) is 0. The average molecular weight is 308 g/mol. The first-order chi connectivity index (χ1) is 10.5. The third kappa shape index (κ3) is 4.09. The number of nitrogens with zero attached hydrogens (tertiary/aromatic N) is 2. The van der Waals surface area contributed by atoms with Crippen LogP contribution in [0.4, 0.5) is 0 Å². The van der Waals surface area contributed by atoms with Gasteiger partial charge < -0.3 is 14.9 Å². The molecule has 0 radical (unpaired) electrons. The lowest BCUT2D eigenvalue weighted by Gasteiger charge is -2.42. The number of hydrogen-bond donors (Lipinski definition) is 1. The number of likely N-dealkylation sites (tertiary alicyclic amines) is 2. The van der Waals surface area contributed by atoms with Gasteiger partial charge in [-0.25, -0.2) is 0 Å². The van der Waals surface area contributed by atoms with Gasteiger partial charge in [-0.1, -0.05) is 11.6 Å². The van der Waals surface area contributed by atoms with E-state index in [1.165, 1.54) is 5.57 Å². The van der Waals surface area contributed by atoms with E-state index in [0.717, 1.165) is 32.2 Å². The van der Waals surface area contributed by atoms with Crippen LogP contribution in [-0.4, -0.2) is 59.5 Å². The number of carbonyl (C=O) groups excluding carboxylic acids is 2. The van der Waals surface area contributed by atoms with Gasteiger partial charge in [-0.3, -0.25) is 9.59 Å². The molecule has 2 fully saturated rings. The fourth-order valence-corrected chi connectivity index (χ4v) is 3.34. The minimum Gasteiger partial charge on any atom is -0.396 e. The minimum atomic E-state index is -0.222. The molecule has 1 atom stereocenters. The van der Waals surface area contributed by atoms with E-state index in [4.69, 9.17) is 0 Å². The second-order valence-electron chi connectivity index (χ2n) is 6.98. The van der Waals surface area contributed by atoms with E-state index in [1.807, 2.05) is 4.90 Å². The summed E-state index contributed by atoms with van der Waals surface area (Å²) in [4.78, 5) is 27.6. The van der Waals surface area contributed by atoms with Crippen LogP contribution in [0.1, 0.15) is 46.0 Å². The molecule has 0 aromatic rings. The number of hydrogen-bond acceptors (Lipinski definition) is 3. The third-order valence-electron chi connectivity index (χ3n) is 4.79. The SMILES string of the molecule is CC(C)=CC[C@@]1(CO)CCCN(C(=O)CN2CCCC2=O)C1. The Bertz CT molecular complexity index is 457. The van der Waals surface area contributed by atoms with Crippen LogP contribution in [0.2, 0.25) is 0 Å². The first kappa shape index (κ1) is 17.0. The maximum atomic E-state index is 12.5. The molecule has 2 rings (SSSR count). The number of allylic oxidation sites excluding steroid dienone is 2. The minimum absolute atomic E-state index is 0.0185. The summed E-state index contributed by atoms with van der Waals surface area (Å²) in [6, 6.07) is 0. The van der Waals surface area contributed by atoms with Crippen LogP contribution in [0.3, 0.4) is 0 Å². The average Bonchev–Trinajstić information content (AvgIpc) is 2.90. The van der Waals surface area contributed by atoms with Crippen molar-refractivity contribution in [2.75, 3.05) is 32.8 Å². The van der Waals surface area contributed by atoms with Crippen LogP contribution in [0.5, 0.6) is 0 Å². The summed E-state index contributed by atoms with van der Waals surface area (Å²) in [5, 5.41) is 9.85. The quantitative estimate of drug-likeness (QED) is 0.784. The summed E-state index contributed by atoms with van der Waals surface area (Å²) in [6.07, 6.45) is 6.23. The molecule has 0 aromatic carbocycles. The Kier molecular flexibility index (Phi) is 5.62. The fraction of sp³-hybridized carbons (Fsp3) is 0.765. The number of carbonyl (C=O) groups is 2. The normalized spacial score (nSPS) is 25.5. The van der Waals surface area contributed by atoms with Crippen LogP contribution in [-0.2, 0) is 9.59 Å². The maximum Gasteiger partial charge on any atom is 0.242 e. The first-order valence-corrected chi connectivity index (χ1v) is 8.25. The van der Waals surface area contributed by atoms with Crippen molar-refractivity contribution < 1.29 is 14.7 Å². The number of aliphatic hydroxyl groups excluding tert-OH is 1. The van der Waals surface area contributed by atoms with Crippen molar-refractivity contribution in [1.82, 2.24) is 9.80 Å². The van der Waals surface area contributed by atoms with Gasteiger partial charge in [-0.15, -0.1) is 0 Å². The van der Waals surface area contributed by atoms with Crippen LogP contribution >= 0.6 is 0 Å². The number of piperidine rings is 1. The van der Waals surface area contributed by atoms with Crippen molar-refractivity contribution in [1.29, 1.82) is 0 Å². The molecule has 2 amide bonds. The summed E-state index contributed by atoms with van der Waals surface area (Å²) < 4.78 is 0. The zero-order valence-corrected chi connectivity index (χ0v) is 13.8. The molecular weight excluding hydrogens is 280 g/mol. The topological polar surface area (TPSA) is 60.9 Å². The standard InChI is InChI=1S/C17H28N2O3/c1-14(2)6-8-17(13-20)7-4-10-19(12-17)16(22)11-18-9-3-5-15(18)21/h6,20H,3-5,7-13H2,1-2H3/t17-/m0/s1. The zero-order chi connectivity index (χ0) is 16.2. The highest BCUT2D eigenvalue weighted by Gasteiger charge is 2.36. The first-order valence-electron chi connectivity index (χ1n) is 8.25. The van der Waals surface area contributed by atoms with Gasteiger partial charge in [0.1, 0.15) is 0 Å². The molecule has 5 nitrogen and oxygen atoms in total. The van der Waals surface area contributed by atoms with E-state index < -0.39 is 0 Å². The van der Waals surface area contributed by atoms with Crippen LogP contribution in [0.25, 0.3) is 0 Å². The third-order valence-corrected chi connectivity index (χ3v) is 4.79. The van der Waals surface area contributed by atoms with Crippen molar-refractivity contribution in [2.24, 2.45) is 5.41 Å². The van der Waals surface area contributed by atoms with Crippen LogP contribution in [0, 0.1) is 5.41 Å². The summed E-state index contributed by atoms with van der Waals surface area (Å²) in [5.41, 5.74) is 1.01. The Balaban J connectivity index is 1.97. The summed E-state index contributed by atoms with van der Waals surface area (Å²) in [6.45, 7) is 6.42. The summed E-state index contributed by atoms with van der Waals surface area (Å²) in [5.74, 6) is 0.105. The Morgan fingerprint density at radius 2 is 2.09 bits per heavy atom. The molecule has 0 spiro atoms. The van der Waals surface area contributed by atoms with Crippen molar-refractivity contribution in [3.63, 3.8) is 0 Å². The van der Waals surface area contributed by atoms with Crippen molar-refractivity contribution >= 4 is 11.8 Å². The lowest BCUT2D eigenvalue weighted by Crippen LogP contribution is -2.50. The van der Waals surface area contributed by atoms with Gasteiger partial charge in [0.05, 0.1) is 13.2 Å². The lowest BCUT2D eigenvalue weighted by atomic mass is 9.77. The second-order valence-corrected chi connectivity index (χ2v) is 6.98. The molecule has 0 aromatic heterocycles. The van der Waals surface area contributed by atoms with Gasteiger partial charge >= 0.3 is 0 Å². The maximum absolute atomic E-state index is 12.5. The smallest absolute Gasteiger partial charge is 0.242 e.